The van der Waals surface area contributed by atoms with Gasteiger partial charge in [-0.1, -0.05) is 37.8 Å². The number of fused-ring (bicyclic) bond motifs is 7. The minimum Gasteiger partial charge on any atom is -0.259 e. The fraction of sp³-hybridized carbons (Fsp3) is 0.429. The number of thioether (sulfide) groups is 1. The molecule has 0 radical (unpaired) electrons. The van der Waals surface area contributed by atoms with Gasteiger partial charge >= 0.3 is 0 Å². The maximum Gasteiger partial charge on any atom is 0.197 e. The summed E-state index contributed by atoms with van der Waals surface area (Å²) in [6.07, 6.45) is 6.64. The van der Waals surface area contributed by atoms with Gasteiger partial charge in [0.1, 0.15) is 15.9 Å². The predicted molar refractivity (Wildman–Crippen MR) is 118 cm³/mol. The zero-order chi connectivity index (χ0) is 19.4. The van der Waals surface area contributed by atoms with Crippen LogP contribution in [0.2, 0.25) is 0 Å². The Bertz CT molecular complexity index is 1230. The fourth-order valence-electron chi connectivity index (χ4n) is 4.09. The van der Waals surface area contributed by atoms with Gasteiger partial charge < -0.3 is 0 Å². The Morgan fingerprint density at radius 1 is 1.25 bits per heavy atom. The highest BCUT2D eigenvalue weighted by atomic mass is 32.2. The summed E-state index contributed by atoms with van der Waals surface area (Å²) in [5, 5.41) is 11.0. The summed E-state index contributed by atoms with van der Waals surface area (Å²) in [4.78, 5) is 11.1. The first-order valence-electron chi connectivity index (χ1n) is 9.79. The quantitative estimate of drug-likeness (QED) is 0.326. The van der Waals surface area contributed by atoms with E-state index in [-0.39, 0.29) is 0 Å². The maximum absolute atomic E-state index is 5.10. The van der Waals surface area contributed by atoms with Crippen molar-refractivity contribution in [3.63, 3.8) is 0 Å². The molecule has 0 atom stereocenters. The van der Waals surface area contributed by atoms with Crippen LogP contribution in [-0.4, -0.2) is 30.3 Å². The van der Waals surface area contributed by atoms with Crippen LogP contribution in [0.15, 0.2) is 23.6 Å². The van der Waals surface area contributed by atoms with Crippen LogP contribution in [0.4, 0.5) is 0 Å². The molecular formula is C21H23N5S2. The van der Waals surface area contributed by atoms with E-state index in [4.69, 9.17) is 9.97 Å². The van der Waals surface area contributed by atoms with E-state index in [1.165, 1.54) is 35.0 Å². The largest absolute Gasteiger partial charge is 0.259 e. The Morgan fingerprint density at radius 2 is 2.04 bits per heavy atom. The van der Waals surface area contributed by atoms with Gasteiger partial charge in [-0.3, -0.25) is 4.40 Å². The smallest absolute Gasteiger partial charge is 0.197 e. The first-order chi connectivity index (χ1) is 13.5. The van der Waals surface area contributed by atoms with Crippen molar-refractivity contribution >= 4 is 49.2 Å². The van der Waals surface area contributed by atoms with E-state index >= 15 is 0 Å². The van der Waals surface area contributed by atoms with Crippen LogP contribution < -0.4 is 0 Å². The summed E-state index contributed by atoms with van der Waals surface area (Å²) < 4.78 is 3.09. The van der Waals surface area contributed by atoms with Gasteiger partial charge in [0, 0.05) is 16.8 Å². The van der Waals surface area contributed by atoms with E-state index in [9.17, 15) is 0 Å². The first-order valence-corrected chi connectivity index (χ1v) is 11.6. The lowest BCUT2D eigenvalue weighted by Crippen LogP contribution is -2.10. The lowest BCUT2D eigenvalue weighted by molar-refractivity contribution is 0.667. The van der Waals surface area contributed by atoms with E-state index in [1.807, 2.05) is 17.7 Å². The summed E-state index contributed by atoms with van der Waals surface area (Å²) >= 11 is 3.36. The van der Waals surface area contributed by atoms with Gasteiger partial charge in [0.05, 0.1) is 5.52 Å². The molecule has 5 nitrogen and oxygen atoms in total. The SMILES string of the molecule is C=C(C)CSc1nnc2c3sc4nc(C(C)C)c5c(c4c3ncn12)CCCC5. The normalized spacial score (nSPS) is 14.4. The van der Waals surface area contributed by atoms with Crippen molar-refractivity contribution in [2.24, 2.45) is 0 Å². The van der Waals surface area contributed by atoms with E-state index < -0.39 is 0 Å². The Kier molecular flexibility index (Phi) is 4.39. The molecule has 0 aliphatic heterocycles. The van der Waals surface area contributed by atoms with E-state index in [2.05, 4.69) is 30.6 Å². The molecule has 1 aliphatic carbocycles. The number of thiophene rings is 1. The molecule has 4 aromatic rings. The van der Waals surface area contributed by atoms with Crippen LogP contribution in [0, 0.1) is 0 Å². The van der Waals surface area contributed by atoms with Gasteiger partial charge in [-0.05, 0) is 49.7 Å². The third-order valence-corrected chi connectivity index (χ3v) is 7.57. The number of rotatable bonds is 4. The van der Waals surface area contributed by atoms with Crippen molar-refractivity contribution in [1.29, 1.82) is 0 Å². The van der Waals surface area contributed by atoms with E-state index in [0.717, 1.165) is 50.0 Å². The van der Waals surface area contributed by atoms with Crippen molar-refractivity contribution in [1.82, 2.24) is 24.6 Å². The molecule has 1 aliphatic rings. The molecule has 5 rings (SSSR count). The highest BCUT2D eigenvalue weighted by Gasteiger charge is 2.24. The Morgan fingerprint density at radius 3 is 2.79 bits per heavy atom. The van der Waals surface area contributed by atoms with Crippen LogP contribution in [-0.2, 0) is 12.8 Å². The molecule has 0 aromatic carbocycles. The molecule has 0 saturated carbocycles. The minimum absolute atomic E-state index is 0.438. The van der Waals surface area contributed by atoms with Gasteiger partial charge in [0.15, 0.2) is 10.8 Å². The standard InChI is InChI=1S/C21H23N5S2/c1-11(2)9-27-21-25-24-19-18-17(22-10-26(19)21)15-13-7-5-6-8-14(13)16(12(3)4)23-20(15)28-18/h10,12H,1,5-9H2,2-4H3. The maximum atomic E-state index is 5.10. The third kappa shape index (κ3) is 2.75. The van der Waals surface area contributed by atoms with Gasteiger partial charge in [-0.2, -0.15) is 0 Å². The molecule has 4 heterocycles. The second-order valence-electron chi connectivity index (χ2n) is 7.94. The summed E-state index contributed by atoms with van der Waals surface area (Å²) in [5.41, 5.74) is 7.25. The number of hydrogen-bond donors (Lipinski definition) is 0. The summed E-state index contributed by atoms with van der Waals surface area (Å²) in [6, 6.07) is 0. The Balaban J connectivity index is 1.78. The van der Waals surface area contributed by atoms with E-state index in [1.54, 1.807) is 23.1 Å². The molecule has 28 heavy (non-hydrogen) atoms. The van der Waals surface area contributed by atoms with Crippen LogP contribution in [0.25, 0.3) is 26.1 Å². The molecule has 0 unspecified atom stereocenters. The average Bonchev–Trinajstić information content (AvgIpc) is 3.26. The first kappa shape index (κ1) is 18.1. The van der Waals surface area contributed by atoms with Gasteiger partial charge in [-0.25, -0.2) is 9.97 Å². The molecule has 4 aromatic heterocycles. The van der Waals surface area contributed by atoms with Gasteiger partial charge in [0.2, 0.25) is 0 Å². The molecule has 0 saturated heterocycles. The van der Waals surface area contributed by atoms with Crippen LogP contribution in [0.3, 0.4) is 0 Å². The number of aryl methyl sites for hydroxylation is 1. The molecule has 0 spiro atoms. The van der Waals surface area contributed by atoms with Crippen LogP contribution in [0.1, 0.15) is 56.4 Å². The summed E-state index contributed by atoms with van der Waals surface area (Å²) in [7, 11) is 0. The lowest BCUT2D eigenvalue weighted by Gasteiger charge is -2.21. The second kappa shape index (κ2) is 6.81. The molecule has 0 amide bonds. The van der Waals surface area contributed by atoms with Crippen molar-refractivity contribution in [3.8, 4) is 0 Å². The predicted octanol–water partition coefficient (Wildman–Crippen LogP) is 5.56. The van der Waals surface area contributed by atoms with Gasteiger partial charge in [0.25, 0.3) is 0 Å². The molecule has 7 heteroatoms. The topological polar surface area (TPSA) is 56.0 Å². The van der Waals surface area contributed by atoms with Crippen molar-refractivity contribution < 1.29 is 0 Å². The molecule has 0 N–H and O–H groups in total. The monoisotopic (exact) mass is 409 g/mol. The average molecular weight is 410 g/mol. The molecule has 144 valence electrons. The lowest BCUT2D eigenvalue weighted by atomic mass is 9.86. The number of hydrogen-bond acceptors (Lipinski definition) is 6. The van der Waals surface area contributed by atoms with Crippen molar-refractivity contribution in [2.45, 2.75) is 57.5 Å². The molecule has 0 fully saturated rings. The zero-order valence-corrected chi connectivity index (χ0v) is 18.1. The third-order valence-electron chi connectivity index (χ3n) is 5.33. The van der Waals surface area contributed by atoms with Gasteiger partial charge in [-0.15, -0.1) is 21.5 Å². The number of aromatic nitrogens is 5. The number of nitrogens with zero attached hydrogens (tertiary/aromatic N) is 5. The Hall–Kier alpha value is -1.99. The highest BCUT2D eigenvalue weighted by Crippen LogP contribution is 2.41. The van der Waals surface area contributed by atoms with Crippen molar-refractivity contribution in [3.05, 3.63) is 35.3 Å². The molecule has 0 bridgehead atoms. The Labute approximate surface area is 172 Å². The zero-order valence-electron chi connectivity index (χ0n) is 16.4. The summed E-state index contributed by atoms with van der Waals surface area (Å²) in [5.74, 6) is 1.27. The van der Waals surface area contributed by atoms with Crippen molar-refractivity contribution in [2.75, 3.05) is 5.75 Å². The molecular weight excluding hydrogens is 386 g/mol. The van der Waals surface area contributed by atoms with E-state index in [0.29, 0.717) is 5.92 Å². The summed E-state index contributed by atoms with van der Waals surface area (Å²) in [6.45, 7) is 10.5. The second-order valence-corrected chi connectivity index (χ2v) is 9.88. The minimum atomic E-state index is 0.438. The fourth-order valence-corrected chi connectivity index (χ4v) is 5.98. The van der Waals surface area contributed by atoms with Crippen LogP contribution in [0.5, 0.6) is 0 Å². The number of pyridine rings is 1. The highest BCUT2D eigenvalue weighted by molar-refractivity contribution is 7.99. The van der Waals surface area contributed by atoms with Crippen LogP contribution >= 0.6 is 23.1 Å².